The van der Waals surface area contributed by atoms with Crippen LogP contribution in [0, 0.1) is 0 Å². The van der Waals surface area contributed by atoms with Crippen LogP contribution >= 0.6 is 23.2 Å². The molecule has 6 nitrogen and oxygen atoms in total. The lowest BCUT2D eigenvalue weighted by molar-refractivity contribution is 0.0913. The second kappa shape index (κ2) is 7.98. The van der Waals surface area contributed by atoms with Crippen molar-refractivity contribution >= 4 is 33.2 Å². The molecule has 0 fully saturated rings. The van der Waals surface area contributed by atoms with Gasteiger partial charge in [0.1, 0.15) is 10.0 Å². The zero-order valence-corrected chi connectivity index (χ0v) is 12.3. The maximum atomic E-state index is 11.9. The summed E-state index contributed by atoms with van der Waals surface area (Å²) >= 11 is 11.3. The van der Waals surface area contributed by atoms with Crippen LogP contribution in [0.2, 0.25) is 10.2 Å². The molecule has 0 aromatic carbocycles. The van der Waals surface area contributed by atoms with Crippen LogP contribution in [0.25, 0.3) is 0 Å². The molecule has 0 saturated heterocycles. The lowest BCUT2D eigenvalue weighted by Gasteiger charge is -2.07. The normalized spacial score (nSPS) is 11.7. The first-order chi connectivity index (χ1) is 8.97. The molecule has 0 radical (unpaired) electrons. The Morgan fingerprint density at radius 3 is 2.74 bits per heavy atom. The van der Waals surface area contributed by atoms with E-state index in [-0.39, 0.29) is 34.8 Å². The van der Waals surface area contributed by atoms with Crippen LogP contribution in [-0.4, -0.2) is 44.9 Å². The Morgan fingerprint density at radius 2 is 2.11 bits per heavy atom. The summed E-state index contributed by atoms with van der Waals surface area (Å²) in [4.78, 5) is 3.63. The minimum Gasteiger partial charge on any atom is -0.394 e. The molecule has 0 aliphatic heterocycles. The number of aliphatic hydroxyl groups excluding tert-OH is 1. The van der Waals surface area contributed by atoms with Gasteiger partial charge in [-0.2, -0.15) is 0 Å². The summed E-state index contributed by atoms with van der Waals surface area (Å²) in [6, 6.07) is 1.24. The number of ether oxygens (including phenoxy) is 1. The topological polar surface area (TPSA) is 88.5 Å². The molecule has 1 aromatic rings. The van der Waals surface area contributed by atoms with Gasteiger partial charge in [-0.25, -0.2) is 18.1 Å². The summed E-state index contributed by atoms with van der Waals surface area (Å²) in [6.45, 7) is 0.765. The monoisotopic (exact) mass is 328 g/mol. The van der Waals surface area contributed by atoms with Gasteiger partial charge in [-0.1, -0.05) is 23.2 Å². The zero-order chi connectivity index (χ0) is 14.3. The van der Waals surface area contributed by atoms with E-state index in [0.717, 1.165) is 6.20 Å². The lowest BCUT2D eigenvalue weighted by atomic mass is 10.5. The minimum atomic E-state index is -3.65. The molecule has 0 unspecified atom stereocenters. The molecule has 0 bridgehead atoms. The van der Waals surface area contributed by atoms with Crippen LogP contribution in [0.5, 0.6) is 0 Å². The average molecular weight is 329 g/mol. The first-order valence-corrected chi connectivity index (χ1v) is 7.70. The Labute approximate surface area is 121 Å². The molecular weight excluding hydrogens is 315 g/mol. The van der Waals surface area contributed by atoms with Gasteiger partial charge in [-0.3, -0.25) is 0 Å². The zero-order valence-electron chi connectivity index (χ0n) is 9.97. The molecule has 1 aromatic heterocycles. The van der Waals surface area contributed by atoms with Crippen molar-refractivity contribution in [3.8, 4) is 0 Å². The number of nitrogens with zero attached hydrogens (tertiary/aromatic N) is 1. The molecule has 0 atom stereocenters. The fourth-order valence-corrected chi connectivity index (χ4v) is 2.56. The van der Waals surface area contributed by atoms with Crippen molar-refractivity contribution in [3.63, 3.8) is 0 Å². The molecule has 108 valence electrons. The van der Waals surface area contributed by atoms with Crippen LogP contribution in [0.1, 0.15) is 6.42 Å². The Bertz CT molecular complexity index is 510. The summed E-state index contributed by atoms with van der Waals surface area (Å²) in [5.41, 5.74) is 0. The molecule has 9 heteroatoms. The third kappa shape index (κ3) is 5.60. The van der Waals surface area contributed by atoms with Crippen molar-refractivity contribution in [1.29, 1.82) is 0 Å². The summed E-state index contributed by atoms with van der Waals surface area (Å²) in [5, 5.41) is 8.62. The predicted octanol–water partition coefficient (Wildman–Crippen LogP) is 1.07. The number of sulfonamides is 1. The molecular formula is C10H14Cl2N2O4S. The average Bonchev–Trinajstić information content (AvgIpc) is 2.36. The molecule has 0 amide bonds. The van der Waals surface area contributed by atoms with Crippen molar-refractivity contribution in [2.45, 2.75) is 11.3 Å². The quantitative estimate of drug-likeness (QED) is 0.550. The van der Waals surface area contributed by atoms with E-state index in [1.807, 2.05) is 0 Å². The first-order valence-electron chi connectivity index (χ1n) is 5.46. The number of aliphatic hydroxyl groups is 1. The van der Waals surface area contributed by atoms with E-state index in [2.05, 4.69) is 9.71 Å². The highest BCUT2D eigenvalue weighted by molar-refractivity contribution is 7.89. The SMILES string of the molecule is O=S(=O)(NCCCOCCO)c1cnc(Cl)c(Cl)c1. The molecule has 2 N–H and O–H groups in total. The van der Waals surface area contributed by atoms with E-state index in [9.17, 15) is 8.42 Å². The minimum absolute atomic E-state index is 0.0434. The van der Waals surface area contributed by atoms with E-state index in [0.29, 0.717) is 13.0 Å². The fraction of sp³-hybridized carbons (Fsp3) is 0.500. The highest BCUT2D eigenvalue weighted by atomic mass is 35.5. The van der Waals surface area contributed by atoms with Gasteiger partial charge in [0.25, 0.3) is 0 Å². The van der Waals surface area contributed by atoms with E-state index < -0.39 is 10.0 Å². The number of nitrogens with one attached hydrogen (secondary N) is 1. The Morgan fingerprint density at radius 1 is 1.37 bits per heavy atom. The van der Waals surface area contributed by atoms with Crippen molar-refractivity contribution in [2.24, 2.45) is 0 Å². The fourth-order valence-electron chi connectivity index (χ4n) is 1.18. The van der Waals surface area contributed by atoms with Gasteiger partial charge in [-0.05, 0) is 12.5 Å². The Kier molecular flexibility index (Phi) is 6.98. The van der Waals surface area contributed by atoms with Crippen LogP contribution in [0.4, 0.5) is 0 Å². The third-order valence-corrected chi connectivity index (χ3v) is 4.19. The number of aromatic nitrogens is 1. The van der Waals surface area contributed by atoms with Crippen LogP contribution in [0.15, 0.2) is 17.2 Å². The highest BCUT2D eigenvalue weighted by Gasteiger charge is 2.15. The number of rotatable bonds is 8. The number of pyridine rings is 1. The van der Waals surface area contributed by atoms with Crippen molar-refractivity contribution in [1.82, 2.24) is 9.71 Å². The first kappa shape index (κ1) is 16.6. The maximum Gasteiger partial charge on any atom is 0.242 e. The van der Waals surface area contributed by atoms with E-state index in [1.165, 1.54) is 6.07 Å². The Balaban J connectivity index is 2.49. The summed E-state index contributed by atoms with van der Waals surface area (Å²) < 4.78 is 31.1. The van der Waals surface area contributed by atoms with Gasteiger partial charge in [0.2, 0.25) is 10.0 Å². The summed E-state index contributed by atoms with van der Waals surface area (Å²) in [6.07, 6.45) is 1.63. The van der Waals surface area contributed by atoms with E-state index >= 15 is 0 Å². The van der Waals surface area contributed by atoms with E-state index in [4.69, 9.17) is 33.0 Å². The molecule has 1 rings (SSSR count). The smallest absolute Gasteiger partial charge is 0.242 e. The molecule has 0 aliphatic carbocycles. The van der Waals surface area contributed by atoms with Gasteiger partial charge in [0.05, 0.1) is 18.2 Å². The van der Waals surface area contributed by atoms with Gasteiger partial charge < -0.3 is 9.84 Å². The number of hydrogen-bond acceptors (Lipinski definition) is 5. The van der Waals surface area contributed by atoms with E-state index in [1.54, 1.807) is 0 Å². The summed E-state index contributed by atoms with van der Waals surface area (Å²) in [5.74, 6) is 0. The molecule has 1 heterocycles. The second-order valence-corrected chi connectivity index (χ2v) is 6.06. The largest absolute Gasteiger partial charge is 0.394 e. The molecule has 19 heavy (non-hydrogen) atoms. The van der Waals surface area contributed by atoms with Crippen LogP contribution in [0.3, 0.4) is 0 Å². The van der Waals surface area contributed by atoms with Crippen molar-refractivity contribution in [2.75, 3.05) is 26.4 Å². The summed E-state index contributed by atoms with van der Waals surface area (Å²) in [7, 11) is -3.65. The van der Waals surface area contributed by atoms with Crippen LogP contribution < -0.4 is 4.72 Å². The second-order valence-electron chi connectivity index (χ2n) is 3.53. The molecule has 0 spiro atoms. The third-order valence-electron chi connectivity index (χ3n) is 2.07. The van der Waals surface area contributed by atoms with Gasteiger partial charge >= 0.3 is 0 Å². The molecule has 0 aliphatic rings. The number of hydrogen-bond donors (Lipinski definition) is 2. The highest BCUT2D eigenvalue weighted by Crippen LogP contribution is 2.21. The maximum absolute atomic E-state index is 11.9. The van der Waals surface area contributed by atoms with Gasteiger partial charge in [0, 0.05) is 19.3 Å². The standard InChI is InChI=1S/C10H14Cl2N2O4S/c11-9-6-8(7-13-10(9)12)19(16,17)14-2-1-4-18-5-3-15/h6-7,14-15H,1-5H2. The molecule has 0 saturated carbocycles. The predicted molar refractivity (Wildman–Crippen MR) is 72.0 cm³/mol. The van der Waals surface area contributed by atoms with Gasteiger partial charge in [0.15, 0.2) is 0 Å². The van der Waals surface area contributed by atoms with Crippen molar-refractivity contribution in [3.05, 3.63) is 22.4 Å². The lowest BCUT2D eigenvalue weighted by Crippen LogP contribution is -2.25. The Hall–Kier alpha value is -0.440. The van der Waals surface area contributed by atoms with Gasteiger partial charge in [-0.15, -0.1) is 0 Å². The van der Waals surface area contributed by atoms with Crippen LogP contribution in [-0.2, 0) is 14.8 Å². The number of halogens is 2. The van der Waals surface area contributed by atoms with Crippen molar-refractivity contribution < 1.29 is 18.3 Å².